The predicted molar refractivity (Wildman–Crippen MR) is 92.3 cm³/mol. The summed E-state index contributed by atoms with van der Waals surface area (Å²) in [5.74, 6) is -0.742. The van der Waals surface area contributed by atoms with Crippen LogP contribution in [0.15, 0.2) is 66.7 Å². The van der Waals surface area contributed by atoms with Gasteiger partial charge in [0.2, 0.25) is 11.7 Å². The van der Waals surface area contributed by atoms with Crippen LogP contribution < -0.4 is 0 Å². The number of carbonyl (C=O) groups is 1. The molecule has 0 bridgehead atoms. The molecule has 0 atom stereocenters. The highest BCUT2D eigenvalue weighted by Gasteiger charge is 2.15. The molecule has 122 valence electrons. The molecule has 4 rings (SSSR count). The maximum absolute atomic E-state index is 13.9. The topological polar surface area (TPSA) is 60.7 Å². The summed E-state index contributed by atoms with van der Waals surface area (Å²) in [5, 5.41) is 2.15. The van der Waals surface area contributed by atoms with Gasteiger partial charge in [-0.15, -0.1) is 11.3 Å². The van der Waals surface area contributed by atoms with Gasteiger partial charge in [-0.3, -0.25) is 4.79 Å². The Balaban J connectivity index is 1.69. The third-order valence-electron chi connectivity index (χ3n) is 3.66. The molecule has 0 saturated heterocycles. The summed E-state index contributed by atoms with van der Waals surface area (Å²) in [6.45, 7) is 0. The number of pyridine rings is 1. The minimum atomic E-state index is -0.523. The standard InChI is InChI=1S/C18H11FN4OS/c19-17-14(5-2-6-20-17)12-3-1-4-13(9-12)23-10-15(22-11-23)16(24)18-21-7-8-25-18/h1-11H. The maximum Gasteiger partial charge on any atom is 0.241 e. The normalized spacial score (nSPS) is 10.8. The zero-order valence-electron chi connectivity index (χ0n) is 12.8. The van der Waals surface area contributed by atoms with Crippen LogP contribution >= 0.6 is 11.3 Å². The molecule has 0 aliphatic rings. The van der Waals surface area contributed by atoms with Gasteiger partial charge in [0.15, 0.2) is 5.01 Å². The smallest absolute Gasteiger partial charge is 0.241 e. The molecule has 0 aliphatic carbocycles. The highest BCUT2D eigenvalue weighted by atomic mass is 32.1. The molecule has 7 heteroatoms. The Hall–Kier alpha value is -3.19. The van der Waals surface area contributed by atoms with Gasteiger partial charge in [-0.2, -0.15) is 4.39 Å². The summed E-state index contributed by atoms with van der Waals surface area (Å²) in [5.41, 5.74) is 2.20. The van der Waals surface area contributed by atoms with Crippen LogP contribution in [0, 0.1) is 5.95 Å². The van der Waals surface area contributed by atoms with E-state index in [0.717, 1.165) is 5.69 Å². The molecule has 4 aromatic rings. The van der Waals surface area contributed by atoms with E-state index in [9.17, 15) is 9.18 Å². The van der Waals surface area contributed by atoms with Crippen molar-refractivity contribution >= 4 is 17.1 Å². The molecule has 3 aromatic heterocycles. The van der Waals surface area contributed by atoms with Crippen molar-refractivity contribution in [3.05, 3.63) is 83.3 Å². The number of hydrogen-bond acceptors (Lipinski definition) is 5. The van der Waals surface area contributed by atoms with Crippen molar-refractivity contribution in [3.63, 3.8) is 0 Å². The van der Waals surface area contributed by atoms with Crippen LogP contribution in [0.4, 0.5) is 4.39 Å². The third kappa shape index (κ3) is 2.97. The van der Waals surface area contributed by atoms with Crippen LogP contribution in [-0.4, -0.2) is 25.3 Å². The lowest BCUT2D eigenvalue weighted by molar-refractivity contribution is 0.103. The van der Waals surface area contributed by atoms with E-state index in [-0.39, 0.29) is 5.78 Å². The van der Waals surface area contributed by atoms with Gasteiger partial charge >= 0.3 is 0 Å². The van der Waals surface area contributed by atoms with Crippen molar-refractivity contribution in [2.75, 3.05) is 0 Å². The fourth-order valence-corrected chi connectivity index (χ4v) is 3.05. The first kappa shape index (κ1) is 15.3. The molecule has 0 saturated carbocycles. The van der Waals surface area contributed by atoms with Crippen LogP contribution in [0.3, 0.4) is 0 Å². The van der Waals surface area contributed by atoms with Gasteiger partial charge in [0, 0.05) is 35.2 Å². The Labute approximate surface area is 146 Å². The Kier molecular flexibility index (Phi) is 3.91. The Morgan fingerprint density at radius 3 is 2.80 bits per heavy atom. The molecule has 0 radical (unpaired) electrons. The highest BCUT2D eigenvalue weighted by molar-refractivity contribution is 7.11. The fraction of sp³-hybridized carbons (Fsp3) is 0. The molecule has 0 amide bonds. The summed E-state index contributed by atoms with van der Waals surface area (Å²) in [6.07, 6.45) is 6.19. The number of nitrogens with zero attached hydrogens (tertiary/aromatic N) is 4. The average molecular weight is 350 g/mol. The zero-order valence-corrected chi connectivity index (χ0v) is 13.7. The fourth-order valence-electron chi connectivity index (χ4n) is 2.46. The summed E-state index contributed by atoms with van der Waals surface area (Å²) in [4.78, 5) is 24.1. The SMILES string of the molecule is O=C(c1cn(-c2cccc(-c3cccnc3F)c2)cn1)c1nccs1. The van der Waals surface area contributed by atoms with Crippen molar-refractivity contribution in [2.45, 2.75) is 0 Å². The van der Waals surface area contributed by atoms with Gasteiger partial charge in [-0.25, -0.2) is 15.0 Å². The zero-order chi connectivity index (χ0) is 17.2. The van der Waals surface area contributed by atoms with Crippen molar-refractivity contribution in [1.82, 2.24) is 19.5 Å². The van der Waals surface area contributed by atoms with Crippen molar-refractivity contribution in [2.24, 2.45) is 0 Å². The monoisotopic (exact) mass is 350 g/mol. The van der Waals surface area contributed by atoms with Gasteiger partial charge in [-0.05, 0) is 29.8 Å². The lowest BCUT2D eigenvalue weighted by atomic mass is 10.1. The number of halogens is 1. The van der Waals surface area contributed by atoms with E-state index in [2.05, 4.69) is 15.0 Å². The van der Waals surface area contributed by atoms with Crippen LogP contribution in [0.5, 0.6) is 0 Å². The molecule has 0 spiro atoms. The molecule has 25 heavy (non-hydrogen) atoms. The van der Waals surface area contributed by atoms with E-state index in [1.165, 1.54) is 17.5 Å². The van der Waals surface area contributed by atoms with Gasteiger partial charge in [0.25, 0.3) is 0 Å². The number of imidazole rings is 1. The van der Waals surface area contributed by atoms with E-state index >= 15 is 0 Å². The van der Waals surface area contributed by atoms with Gasteiger partial charge in [0.05, 0.1) is 0 Å². The van der Waals surface area contributed by atoms with Crippen molar-refractivity contribution in [1.29, 1.82) is 0 Å². The first-order chi connectivity index (χ1) is 12.2. The summed E-state index contributed by atoms with van der Waals surface area (Å²) >= 11 is 1.27. The second-order valence-electron chi connectivity index (χ2n) is 5.22. The number of carbonyl (C=O) groups excluding carboxylic acids is 1. The highest BCUT2D eigenvalue weighted by Crippen LogP contribution is 2.24. The quantitative estimate of drug-likeness (QED) is 0.415. The number of aromatic nitrogens is 4. The van der Waals surface area contributed by atoms with E-state index < -0.39 is 5.95 Å². The lowest BCUT2D eigenvalue weighted by Crippen LogP contribution is -2.00. The lowest BCUT2D eigenvalue weighted by Gasteiger charge is -2.06. The molecule has 0 aliphatic heterocycles. The Bertz CT molecular complexity index is 1040. The summed E-state index contributed by atoms with van der Waals surface area (Å²) < 4.78 is 15.6. The Morgan fingerprint density at radius 1 is 1.08 bits per heavy atom. The van der Waals surface area contributed by atoms with Crippen molar-refractivity contribution < 1.29 is 9.18 Å². The number of hydrogen-bond donors (Lipinski definition) is 0. The maximum atomic E-state index is 13.9. The second kappa shape index (κ2) is 6.37. The first-order valence-corrected chi connectivity index (χ1v) is 8.30. The molecular formula is C18H11FN4OS. The van der Waals surface area contributed by atoms with Crippen LogP contribution in [-0.2, 0) is 0 Å². The largest absolute Gasteiger partial charge is 0.306 e. The molecule has 1 aromatic carbocycles. The van der Waals surface area contributed by atoms with Gasteiger partial charge in [0.1, 0.15) is 12.0 Å². The predicted octanol–water partition coefficient (Wildman–Crippen LogP) is 3.76. The van der Waals surface area contributed by atoms with Crippen molar-refractivity contribution in [3.8, 4) is 16.8 Å². The summed E-state index contributed by atoms with van der Waals surface area (Å²) in [7, 11) is 0. The van der Waals surface area contributed by atoms with Crippen LogP contribution in [0.25, 0.3) is 16.8 Å². The van der Waals surface area contributed by atoms with Gasteiger partial charge < -0.3 is 4.57 Å². The Morgan fingerprint density at radius 2 is 2.00 bits per heavy atom. The molecule has 0 unspecified atom stereocenters. The number of benzene rings is 1. The molecular weight excluding hydrogens is 339 g/mol. The molecule has 0 N–H and O–H groups in total. The minimum absolute atomic E-state index is 0.219. The minimum Gasteiger partial charge on any atom is -0.306 e. The third-order valence-corrected chi connectivity index (χ3v) is 4.43. The van der Waals surface area contributed by atoms with Gasteiger partial charge in [-0.1, -0.05) is 12.1 Å². The van der Waals surface area contributed by atoms with E-state index in [0.29, 0.717) is 21.8 Å². The van der Waals surface area contributed by atoms with Crippen LogP contribution in [0.2, 0.25) is 0 Å². The van der Waals surface area contributed by atoms with E-state index in [4.69, 9.17) is 0 Å². The second-order valence-corrected chi connectivity index (χ2v) is 6.12. The summed E-state index contributed by atoms with van der Waals surface area (Å²) in [6, 6.07) is 10.7. The van der Waals surface area contributed by atoms with Crippen LogP contribution in [0.1, 0.15) is 15.5 Å². The molecule has 0 fully saturated rings. The number of rotatable bonds is 4. The number of thiazole rings is 1. The number of ketones is 1. The first-order valence-electron chi connectivity index (χ1n) is 7.42. The average Bonchev–Trinajstić information content (AvgIpc) is 3.34. The van der Waals surface area contributed by atoms with E-state index in [1.807, 2.05) is 24.3 Å². The molecule has 3 heterocycles. The van der Waals surface area contributed by atoms with E-state index in [1.54, 1.807) is 40.8 Å². The molecule has 5 nitrogen and oxygen atoms in total.